The average molecular weight is 468 g/mol. The van der Waals surface area contributed by atoms with Gasteiger partial charge in [-0.3, -0.25) is 14.9 Å². The summed E-state index contributed by atoms with van der Waals surface area (Å²) < 4.78 is 18.6. The van der Waals surface area contributed by atoms with Crippen LogP contribution in [-0.4, -0.2) is 17.0 Å². The lowest BCUT2D eigenvalue weighted by molar-refractivity contribution is -0.385. The zero-order valence-corrected chi connectivity index (χ0v) is 18.7. The highest BCUT2D eigenvalue weighted by Gasteiger charge is 2.22. The molecule has 170 valence electrons. The van der Waals surface area contributed by atoms with E-state index in [-0.39, 0.29) is 23.1 Å². The Morgan fingerprint density at radius 3 is 2.82 bits per heavy atom. The number of hydrogen-bond donors (Lipinski definition) is 1. The number of nitro groups is 1. The lowest BCUT2D eigenvalue weighted by Crippen LogP contribution is -2.16. The van der Waals surface area contributed by atoms with Crippen molar-refractivity contribution in [3.63, 3.8) is 0 Å². The van der Waals surface area contributed by atoms with Gasteiger partial charge in [0.05, 0.1) is 16.0 Å². The molecule has 0 radical (unpaired) electrons. The maximum absolute atomic E-state index is 13.1. The first-order valence-electron chi connectivity index (χ1n) is 10.6. The number of amides is 1. The SMILES string of the molecule is CCC1CCc2sc(C(=O)NN=Cc3ccc(Oc4ccc(F)cc4)c([N+](=O)[O-])c3)cc2C1. The molecule has 0 spiro atoms. The van der Waals surface area contributed by atoms with Crippen LogP contribution in [0.1, 0.15) is 45.4 Å². The highest BCUT2D eigenvalue weighted by molar-refractivity contribution is 7.14. The van der Waals surface area contributed by atoms with E-state index in [1.54, 1.807) is 6.07 Å². The maximum atomic E-state index is 13.1. The summed E-state index contributed by atoms with van der Waals surface area (Å²) in [6, 6.07) is 11.4. The molecular formula is C24H22FN3O4S. The Hall–Kier alpha value is -3.59. The summed E-state index contributed by atoms with van der Waals surface area (Å²) in [6.07, 6.45) is 5.65. The van der Waals surface area contributed by atoms with Crippen molar-refractivity contribution < 1.29 is 18.8 Å². The molecule has 0 saturated heterocycles. The van der Waals surface area contributed by atoms with Crippen LogP contribution in [0.3, 0.4) is 0 Å². The lowest BCUT2D eigenvalue weighted by Gasteiger charge is -2.19. The fourth-order valence-electron chi connectivity index (χ4n) is 3.75. The molecule has 3 aromatic rings. The van der Waals surface area contributed by atoms with E-state index in [1.165, 1.54) is 64.4 Å². The largest absolute Gasteiger partial charge is 0.450 e. The van der Waals surface area contributed by atoms with Crippen LogP contribution in [-0.2, 0) is 12.8 Å². The molecule has 33 heavy (non-hydrogen) atoms. The Kier molecular flexibility index (Phi) is 6.79. The molecule has 0 bridgehead atoms. The zero-order valence-electron chi connectivity index (χ0n) is 17.9. The molecule has 0 saturated carbocycles. The summed E-state index contributed by atoms with van der Waals surface area (Å²) in [6.45, 7) is 2.19. The van der Waals surface area contributed by atoms with E-state index in [4.69, 9.17) is 4.74 Å². The fraction of sp³-hybridized carbons (Fsp3) is 0.250. The first-order valence-corrected chi connectivity index (χ1v) is 11.4. The van der Waals surface area contributed by atoms with Crippen molar-refractivity contribution in [3.8, 4) is 11.5 Å². The normalized spacial score (nSPS) is 15.3. The van der Waals surface area contributed by atoms with Gasteiger partial charge in [-0.25, -0.2) is 9.82 Å². The molecular weight excluding hydrogens is 445 g/mol. The molecule has 1 atom stereocenters. The van der Waals surface area contributed by atoms with Crippen LogP contribution < -0.4 is 10.2 Å². The Morgan fingerprint density at radius 1 is 1.30 bits per heavy atom. The maximum Gasteiger partial charge on any atom is 0.312 e. The number of carbonyl (C=O) groups is 1. The molecule has 1 heterocycles. The minimum absolute atomic E-state index is 0.0161. The van der Waals surface area contributed by atoms with Crippen LogP contribution in [0.2, 0.25) is 0 Å². The number of nitrogens with one attached hydrogen (secondary N) is 1. The van der Waals surface area contributed by atoms with Crippen LogP contribution in [0, 0.1) is 21.8 Å². The van der Waals surface area contributed by atoms with Crippen LogP contribution in [0.25, 0.3) is 0 Å². The molecule has 0 aliphatic heterocycles. The highest BCUT2D eigenvalue weighted by atomic mass is 32.1. The molecule has 9 heteroatoms. The van der Waals surface area contributed by atoms with E-state index in [1.807, 2.05) is 6.07 Å². The van der Waals surface area contributed by atoms with E-state index >= 15 is 0 Å². The van der Waals surface area contributed by atoms with E-state index in [9.17, 15) is 19.3 Å². The first-order chi connectivity index (χ1) is 15.9. The van der Waals surface area contributed by atoms with Crippen molar-refractivity contribution in [2.45, 2.75) is 32.6 Å². The van der Waals surface area contributed by atoms with Gasteiger partial charge in [-0.15, -0.1) is 11.3 Å². The second-order valence-corrected chi connectivity index (χ2v) is 8.95. The first kappa shape index (κ1) is 22.6. The summed E-state index contributed by atoms with van der Waals surface area (Å²) >= 11 is 1.50. The number of hydrazone groups is 1. The second-order valence-electron chi connectivity index (χ2n) is 7.82. The Bertz CT molecular complexity index is 1210. The van der Waals surface area contributed by atoms with Gasteiger partial charge in [0.15, 0.2) is 0 Å². The molecule has 0 fully saturated rings. The zero-order chi connectivity index (χ0) is 23.4. The number of nitrogens with zero attached hydrogens (tertiary/aromatic N) is 2. The summed E-state index contributed by atoms with van der Waals surface area (Å²) in [5.74, 6) is 0.231. The van der Waals surface area contributed by atoms with Crippen LogP contribution in [0.4, 0.5) is 10.1 Å². The number of halogens is 1. The Morgan fingerprint density at radius 2 is 2.09 bits per heavy atom. The smallest absolute Gasteiger partial charge is 0.312 e. The minimum atomic E-state index is -0.575. The summed E-state index contributed by atoms with van der Waals surface area (Å²) in [4.78, 5) is 25.3. The monoisotopic (exact) mass is 467 g/mol. The predicted molar refractivity (Wildman–Crippen MR) is 125 cm³/mol. The highest BCUT2D eigenvalue weighted by Crippen LogP contribution is 2.34. The van der Waals surface area contributed by atoms with Gasteiger partial charge < -0.3 is 4.74 Å². The molecule has 7 nitrogen and oxygen atoms in total. The third-order valence-electron chi connectivity index (χ3n) is 5.59. The van der Waals surface area contributed by atoms with Gasteiger partial charge in [-0.1, -0.05) is 13.3 Å². The average Bonchev–Trinajstić information content (AvgIpc) is 3.24. The Labute approximate surface area is 194 Å². The molecule has 1 aliphatic rings. The van der Waals surface area contributed by atoms with Gasteiger partial charge >= 0.3 is 5.69 Å². The van der Waals surface area contributed by atoms with Gasteiger partial charge in [0.2, 0.25) is 5.75 Å². The van der Waals surface area contributed by atoms with Gasteiger partial charge in [0.25, 0.3) is 5.91 Å². The van der Waals surface area contributed by atoms with E-state index in [2.05, 4.69) is 17.5 Å². The van der Waals surface area contributed by atoms with Crippen LogP contribution in [0.15, 0.2) is 53.6 Å². The number of benzene rings is 2. The number of aryl methyl sites for hydroxylation is 1. The quantitative estimate of drug-likeness (QED) is 0.267. The molecule has 4 rings (SSSR count). The number of nitro benzene ring substituents is 1. The number of fused-ring (bicyclic) bond motifs is 1. The van der Waals surface area contributed by atoms with E-state index in [0.717, 1.165) is 25.7 Å². The fourth-order valence-corrected chi connectivity index (χ4v) is 4.85. The van der Waals surface area contributed by atoms with Crippen LogP contribution >= 0.6 is 11.3 Å². The number of thiophene rings is 1. The number of ether oxygens (including phenoxy) is 1. The third-order valence-corrected chi connectivity index (χ3v) is 6.82. The lowest BCUT2D eigenvalue weighted by atomic mass is 9.87. The van der Waals surface area contributed by atoms with Crippen LogP contribution in [0.5, 0.6) is 11.5 Å². The molecule has 1 aromatic heterocycles. The predicted octanol–water partition coefficient (Wildman–Crippen LogP) is 5.87. The van der Waals surface area contributed by atoms with Crippen molar-refractivity contribution in [1.82, 2.24) is 5.43 Å². The Balaban J connectivity index is 1.43. The minimum Gasteiger partial charge on any atom is -0.450 e. The van der Waals surface area contributed by atoms with Crippen molar-refractivity contribution in [2.24, 2.45) is 11.0 Å². The van der Waals surface area contributed by atoms with Crippen molar-refractivity contribution in [3.05, 3.63) is 85.3 Å². The molecule has 1 aliphatic carbocycles. The van der Waals surface area contributed by atoms with Gasteiger partial charge in [0.1, 0.15) is 11.6 Å². The number of rotatable bonds is 7. The summed E-state index contributed by atoms with van der Waals surface area (Å²) in [5, 5.41) is 15.4. The van der Waals surface area contributed by atoms with Gasteiger partial charge in [-0.2, -0.15) is 5.10 Å². The molecule has 1 amide bonds. The van der Waals surface area contributed by atoms with Gasteiger partial charge in [0, 0.05) is 16.5 Å². The van der Waals surface area contributed by atoms with Crippen molar-refractivity contribution in [1.29, 1.82) is 0 Å². The molecule has 1 N–H and O–H groups in total. The summed E-state index contributed by atoms with van der Waals surface area (Å²) in [7, 11) is 0. The third kappa shape index (κ3) is 5.43. The number of carbonyl (C=O) groups excluding carboxylic acids is 1. The van der Waals surface area contributed by atoms with Crippen molar-refractivity contribution in [2.75, 3.05) is 0 Å². The van der Waals surface area contributed by atoms with E-state index in [0.29, 0.717) is 16.4 Å². The molecule has 2 aromatic carbocycles. The van der Waals surface area contributed by atoms with Gasteiger partial charge in [-0.05, 0) is 73.2 Å². The second kappa shape index (κ2) is 9.91. The topological polar surface area (TPSA) is 93.8 Å². The number of hydrogen-bond acceptors (Lipinski definition) is 6. The van der Waals surface area contributed by atoms with E-state index < -0.39 is 10.7 Å². The molecule has 1 unspecified atom stereocenters. The van der Waals surface area contributed by atoms with Crippen molar-refractivity contribution >= 4 is 29.1 Å². The standard InChI is InChI=1S/C24H22FN3O4S/c1-2-15-4-10-22-17(11-15)13-23(33-22)24(29)27-26-14-16-3-9-21(20(12-16)28(30)31)32-19-7-5-18(25)6-8-19/h3,5-9,12-15H,2,4,10-11H2,1H3,(H,27,29). The summed E-state index contributed by atoms with van der Waals surface area (Å²) in [5.41, 5.74) is 3.89.